The van der Waals surface area contributed by atoms with Crippen molar-refractivity contribution in [2.24, 2.45) is 5.73 Å². The minimum Gasteiger partial charge on any atom is -0.366 e. The van der Waals surface area contributed by atoms with Crippen molar-refractivity contribution in [2.45, 2.75) is 6.54 Å². The van der Waals surface area contributed by atoms with E-state index in [0.717, 1.165) is 11.3 Å². The largest absolute Gasteiger partial charge is 0.366 e. The average Bonchev–Trinajstić information content (AvgIpc) is 2.41. The number of benzene rings is 2. The second-order valence-electron chi connectivity index (χ2n) is 4.32. The van der Waals surface area contributed by atoms with Crippen molar-refractivity contribution in [1.82, 2.24) is 0 Å². The monoisotopic (exact) mass is 262 g/mol. The average molecular weight is 262 g/mol. The van der Waals surface area contributed by atoms with Gasteiger partial charge in [0.05, 0.1) is 0 Å². The third-order valence-electron chi connectivity index (χ3n) is 2.86. The highest BCUT2D eigenvalue weighted by molar-refractivity contribution is 5.47. The van der Waals surface area contributed by atoms with Gasteiger partial charge in [-0.1, -0.05) is 18.2 Å². The molecule has 0 aliphatic carbocycles. The molecule has 0 saturated carbocycles. The summed E-state index contributed by atoms with van der Waals surface area (Å²) in [7, 11) is 0. The lowest BCUT2D eigenvalue weighted by Gasteiger charge is -2.24. The van der Waals surface area contributed by atoms with Gasteiger partial charge >= 0.3 is 0 Å². The molecule has 4 heteroatoms. The van der Waals surface area contributed by atoms with E-state index in [2.05, 4.69) is 0 Å². The maximum absolute atomic E-state index is 13.3. The summed E-state index contributed by atoms with van der Waals surface area (Å²) in [5, 5.41) is 0. The molecule has 0 amide bonds. The Balaban J connectivity index is 2.18. The van der Waals surface area contributed by atoms with Gasteiger partial charge in [0.1, 0.15) is 11.6 Å². The summed E-state index contributed by atoms with van der Waals surface area (Å²) in [4.78, 5) is 1.97. The van der Waals surface area contributed by atoms with Crippen LogP contribution < -0.4 is 10.6 Å². The second-order valence-corrected chi connectivity index (χ2v) is 4.32. The fourth-order valence-corrected chi connectivity index (χ4v) is 1.94. The minimum absolute atomic E-state index is 0.264. The van der Waals surface area contributed by atoms with Gasteiger partial charge in [-0.3, -0.25) is 0 Å². The van der Waals surface area contributed by atoms with Crippen molar-refractivity contribution in [3.8, 4) is 0 Å². The second kappa shape index (κ2) is 6.29. The number of rotatable bonds is 5. The van der Waals surface area contributed by atoms with Crippen LogP contribution in [-0.2, 0) is 6.54 Å². The molecule has 2 N–H and O–H groups in total. The third-order valence-corrected chi connectivity index (χ3v) is 2.86. The standard InChI is InChI=1S/C15H16F2N2/c16-13-6-4-12(5-7-13)11-19(9-8-18)15-3-1-2-14(17)10-15/h1-7,10H,8-9,11,18H2. The van der Waals surface area contributed by atoms with Crippen molar-refractivity contribution < 1.29 is 8.78 Å². The summed E-state index contributed by atoms with van der Waals surface area (Å²) < 4.78 is 26.1. The van der Waals surface area contributed by atoms with Crippen LogP contribution in [0.3, 0.4) is 0 Å². The molecular weight excluding hydrogens is 246 g/mol. The smallest absolute Gasteiger partial charge is 0.125 e. The SMILES string of the molecule is NCCN(Cc1ccc(F)cc1)c1cccc(F)c1. The summed E-state index contributed by atoms with van der Waals surface area (Å²) in [5.74, 6) is -0.543. The molecule has 2 rings (SSSR count). The van der Waals surface area contributed by atoms with Gasteiger partial charge in [0, 0.05) is 25.3 Å². The zero-order valence-corrected chi connectivity index (χ0v) is 10.5. The molecule has 2 aromatic rings. The maximum atomic E-state index is 13.3. The summed E-state index contributed by atoms with van der Waals surface area (Å²) in [5.41, 5.74) is 7.32. The highest BCUT2D eigenvalue weighted by atomic mass is 19.1. The Hall–Kier alpha value is -1.94. The quantitative estimate of drug-likeness (QED) is 0.897. The van der Waals surface area contributed by atoms with Crippen molar-refractivity contribution >= 4 is 5.69 Å². The summed E-state index contributed by atoms with van der Waals surface area (Å²) >= 11 is 0. The number of nitrogens with zero attached hydrogens (tertiary/aromatic N) is 1. The lowest BCUT2D eigenvalue weighted by atomic mass is 10.2. The number of halogens is 2. The molecule has 2 aromatic carbocycles. The molecule has 0 aliphatic heterocycles. The van der Waals surface area contributed by atoms with Gasteiger partial charge in [-0.05, 0) is 35.9 Å². The summed E-state index contributed by atoms with van der Waals surface area (Å²) in [6.45, 7) is 1.65. The Morgan fingerprint density at radius 3 is 2.32 bits per heavy atom. The Kier molecular flexibility index (Phi) is 4.47. The Bertz CT molecular complexity index is 526. The van der Waals surface area contributed by atoms with Crippen LogP contribution in [-0.4, -0.2) is 13.1 Å². The molecule has 19 heavy (non-hydrogen) atoms. The molecule has 0 atom stereocenters. The van der Waals surface area contributed by atoms with Gasteiger partial charge in [0.15, 0.2) is 0 Å². The first kappa shape index (κ1) is 13.5. The molecule has 0 radical (unpaired) electrons. The van der Waals surface area contributed by atoms with E-state index in [4.69, 9.17) is 5.73 Å². The zero-order chi connectivity index (χ0) is 13.7. The predicted molar refractivity (Wildman–Crippen MR) is 72.9 cm³/mol. The van der Waals surface area contributed by atoms with Crippen molar-refractivity contribution in [3.63, 3.8) is 0 Å². The normalized spacial score (nSPS) is 10.5. The van der Waals surface area contributed by atoms with E-state index in [0.29, 0.717) is 19.6 Å². The van der Waals surface area contributed by atoms with Crippen LogP contribution in [0.5, 0.6) is 0 Å². The van der Waals surface area contributed by atoms with Gasteiger partial charge < -0.3 is 10.6 Å². The van der Waals surface area contributed by atoms with Crippen molar-refractivity contribution in [3.05, 3.63) is 65.7 Å². The van der Waals surface area contributed by atoms with Crippen LogP contribution in [0, 0.1) is 11.6 Å². The molecular formula is C15H16F2N2. The van der Waals surface area contributed by atoms with Crippen LogP contribution in [0.1, 0.15) is 5.56 Å². The summed E-state index contributed by atoms with van der Waals surface area (Å²) in [6, 6.07) is 12.7. The first-order valence-corrected chi connectivity index (χ1v) is 6.14. The van der Waals surface area contributed by atoms with Crippen LogP contribution in [0.25, 0.3) is 0 Å². The molecule has 0 saturated heterocycles. The number of anilines is 1. The van der Waals surface area contributed by atoms with Crippen molar-refractivity contribution in [1.29, 1.82) is 0 Å². The number of hydrogen-bond donors (Lipinski definition) is 1. The van der Waals surface area contributed by atoms with E-state index in [-0.39, 0.29) is 11.6 Å². The van der Waals surface area contributed by atoms with E-state index < -0.39 is 0 Å². The van der Waals surface area contributed by atoms with Gasteiger partial charge in [-0.2, -0.15) is 0 Å². The molecule has 0 aliphatic rings. The van der Waals surface area contributed by atoms with E-state index in [1.807, 2.05) is 11.0 Å². The first-order chi connectivity index (χ1) is 9.19. The lowest BCUT2D eigenvalue weighted by molar-refractivity contribution is 0.625. The van der Waals surface area contributed by atoms with Crippen LogP contribution in [0.2, 0.25) is 0 Å². The lowest BCUT2D eigenvalue weighted by Crippen LogP contribution is -2.29. The van der Waals surface area contributed by atoms with Crippen molar-refractivity contribution in [2.75, 3.05) is 18.0 Å². The Morgan fingerprint density at radius 2 is 1.68 bits per heavy atom. The zero-order valence-electron chi connectivity index (χ0n) is 10.5. The van der Waals surface area contributed by atoms with Gasteiger partial charge in [0.2, 0.25) is 0 Å². The van der Waals surface area contributed by atoms with Gasteiger partial charge in [-0.25, -0.2) is 8.78 Å². The van der Waals surface area contributed by atoms with Gasteiger partial charge in [-0.15, -0.1) is 0 Å². The third kappa shape index (κ3) is 3.76. The molecule has 0 unspecified atom stereocenters. The van der Waals surface area contributed by atoms with E-state index in [1.165, 1.54) is 24.3 Å². The molecule has 100 valence electrons. The van der Waals surface area contributed by atoms with Gasteiger partial charge in [0.25, 0.3) is 0 Å². The fourth-order valence-electron chi connectivity index (χ4n) is 1.94. The van der Waals surface area contributed by atoms with E-state index >= 15 is 0 Å². The van der Waals surface area contributed by atoms with Crippen LogP contribution in [0.4, 0.5) is 14.5 Å². The molecule has 2 nitrogen and oxygen atoms in total. The van der Waals surface area contributed by atoms with Crippen LogP contribution in [0.15, 0.2) is 48.5 Å². The van der Waals surface area contributed by atoms with E-state index in [1.54, 1.807) is 18.2 Å². The highest BCUT2D eigenvalue weighted by Gasteiger charge is 2.07. The molecule has 0 bridgehead atoms. The molecule has 0 fully saturated rings. The fraction of sp³-hybridized carbons (Fsp3) is 0.200. The highest BCUT2D eigenvalue weighted by Crippen LogP contribution is 2.18. The number of nitrogens with two attached hydrogens (primary N) is 1. The Morgan fingerprint density at radius 1 is 0.947 bits per heavy atom. The first-order valence-electron chi connectivity index (χ1n) is 6.14. The minimum atomic E-state index is -0.279. The Labute approximate surface area is 111 Å². The molecule has 0 spiro atoms. The summed E-state index contributed by atoms with van der Waals surface area (Å²) in [6.07, 6.45) is 0. The topological polar surface area (TPSA) is 29.3 Å². The van der Waals surface area contributed by atoms with Crippen LogP contribution >= 0.6 is 0 Å². The maximum Gasteiger partial charge on any atom is 0.125 e. The molecule has 0 heterocycles. The predicted octanol–water partition coefficient (Wildman–Crippen LogP) is 2.93. The van der Waals surface area contributed by atoms with E-state index in [9.17, 15) is 8.78 Å². The number of hydrogen-bond acceptors (Lipinski definition) is 2. The molecule has 0 aromatic heterocycles.